The fourth-order valence-electron chi connectivity index (χ4n) is 2.23. The van der Waals surface area contributed by atoms with Crippen molar-refractivity contribution in [2.24, 2.45) is 0 Å². The third kappa shape index (κ3) is 3.00. The minimum absolute atomic E-state index is 0.489. The molecule has 6 nitrogen and oxygen atoms in total. The quantitative estimate of drug-likeness (QED) is 0.675. The van der Waals surface area contributed by atoms with Crippen molar-refractivity contribution in [2.75, 3.05) is 11.6 Å². The lowest BCUT2D eigenvalue weighted by Gasteiger charge is -2.09. The molecule has 0 spiro atoms. The second-order valence-corrected chi connectivity index (χ2v) is 5.33. The standard InChI is InChI=1S/C14H18N6S/c1-5-20-10(3)12(9(2)19-20)7-16-13-11(6-15)14(21-4)18-8-17-13/h8H,5,7H2,1-4H3,(H,16,17,18). The molecule has 0 saturated carbocycles. The molecule has 110 valence electrons. The molecule has 0 bridgehead atoms. The molecule has 0 aliphatic rings. The number of anilines is 1. The summed E-state index contributed by atoms with van der Waals surface area (Å²) >= 11 is 1.44. The fourth-order valence-corrected chi connectivity index (χ4v) is 2.73. The molecule has 0 radical (unpaired) electrons. The molecule has 2 aromatic heterocycles. The first-order valence-corrected chi connectivity index (χ1v) is 7.90. The van der Waals surface area contributed by atoms with Crippen molar-refractivity contribution in [1.29, 1.82) is 5.26 Å². The second kappa shape index (κ2) is 6.59. The number of hydrogen-bond acceptors (Lipinski definition) is 6. The summed E-state index contributed by atoms with van der Waals surface area (Å²) in [7, 11) is 0. The van der Waals surface area contributed by atoms with Crippen LogP contribution in [-0.2, 0) is 13.1 Å². The maximum absolute atomic E-state index is 9.28. The highest BCUT2D eigenvalue weighted by Crippen LogP contribution is 2.23. The molecule has 0 amide bonds. The van der Waals surface area contributed by atoms with Crippen molar-refractivity contribution in [1.82, 2.24) is 19.7 Å². The Balaban J connectivity index is 2.25. The van der Waals surface area contributed by atoms with Crippen LogP contribution in [0.1, 0.15) is 29.4 Å². The molecular weight excluding hydrogens is 284 g/mol. The van der Waals surface area contributed by atoms with Gasteiger partial charge in [0.2, 0.25) is 0 Å². The largest absolute Gasteiger partial charge is 0.365 e. The van der Waals surface area contributed by atoms with Crippen LogP contribution in [0.4, 0.5) is 5.82 Å². The molecule has 0 saturated heterocycles. The van der Waals surface area contributed by atoms with E-state index < -0.39 is 0 Å². The summed E-state index contributed by atoms with van der Waals surface area (Å²) in [6.07, 6.45) is 3.37. The Labute approximate surface area is 128 Å². The number of nitrogens with zero attached hydrogens (tertiary/aromatic N) is 5. The summed E-state index contributed by atoms with van der Waals surface area (Å²) in [5.74, 6) is 0.569. The molecule has 0 fully saturated rings. The van der Waals surface area contributed by atoms with Crippen LogP contribution in [0.3, 0.4) is 0 Å². The monoisotopic (exact) mass is 302 g/mol. The van der Waals surface area contributed by atoms with Gasteiger partial charge < -0.3 is 5.32 Å². The maximum Gasteiger partial charge on any atom is 0.148 e. The van der Waals surface area contributed by atoms with Gasteiger partial charge in [-0.1, -0.05) is 0 Å². The van der Waals surface area contributed by atoms with E-state index in [1.54, 1.807) is 0 Å². The molecule has 2 rings (SSSR count). The van der Waals surface area contributed by atoms with Gasteiger partial charge >= 0.3 is 0 Å². The van der Waals surface area contributed by atoms with E-state index in [1.165, 1.54) is 18.1 Å². The first-order chi connectivity index (χ1) is 10.1. The van der Waals surface area contributed by atoms with Gasteiger partial charge in [0.05, 0.1) is 5.69 Å². The molecule has 7 heteroatoms. The average molecular weight is 302 g/mol. The Morgan fingerprint density at radius 3 is 2.71 bits per heavy atom. The van der Waals surface area contributed by atoms with Crippen molar-refractivity contribution < 1.29 is 0 Å². The first-order valence-electron chi connectivity index (χ1n) is 6.68. The fraction of sp³-hybridized carbons (Fsp3) is 0.429. The highest BCUT2D eigenvalue weighted by Gasteiger charge is 2.13. The summed E-state index contributed by atoms with van der Waals surface area (Å²) in [6.45, 7) is 7.56. The number of thioether (sulfide) groups is 1. The number of hydrogen-bond donors (Lipinski definition) is 1. The molecule has 2 aromatic rings. The van der Waals surface area contributed by atoms with Crippen LogP contribution in [0.15, 0.2) is 11.4 Å². The summed E-state index contributed by atoms with van der Waals surface area (Å²) in [4.78, 5) is 8.28. The van der Waals surface area contributed by atoms with Crippen LogP contribution >= 0.6 is 11.8 Å². The van der Waals surface area contributed by atoms with E-state index in [4.69, 9.17) is 0 Å². The third-order valence-electron chi connectivity index (χ3n) is 3.38. The van der Waals surface area contributed by atoms with E-state index in [1.807, 2.05) is 17.9 Å². The number of aryl methyl sites for hydroxylation is 2. The molecular formula is C14H18N6S. The first kappa shape index (κ1) is 15.3. The minimum atomic E-state index is 0.489. The van der Waals surface area contributed by atoms with Crippen LogP contribution in [-0.4, -0.2) is 26.0 Å². The number of nitrogens with one attached hydrogen (secondary N) is 1. The van der Waals surface area contributed by atoms with E-state index >= 15 is 0 Å². The average Bonchev–Trinajstić information content (AvgIpc) is 2.78. The van der Waals surface area contributed by atoms with Crippen LogP contribution in [0.25, 0.3) is 0 Å². The van der Waals surface area contributed by atoms with Gasteiger partial charge in [-0.15, -0.1) is 11.8 Å². The summed E-state index contributed by atoms with van der Waals surface area (Å²) in [5, 5.41) is 17.7. The van der Waals surface area contributed by atoms with Gasteiger partial charge in [0.25, 0.3) is 0 Å². The van der Waals surface area contributed by atoms with E-state index in [-0.39, 0.29) is 0 Å². The van der Waals surface area contributed by atoms with Crippen LogP contribution in [0.5, 0.6) is 0 Å². The van der Waals surface area contributed by atoms with E-state index in [0.29, 0.717) is 23.0 Å². The van der Waals surface area contributed by atoms with Crippen LogP contribution in [0, 0.1) is 25.2 Å². The minimum Gasteiger partial charge on any atom is -0.365 e. The van der Waals surface area contributed by atoms with E-state index in [2.05, 4.69) is 40.3 Å². The highest BCUT2D eigenvalue weighted by atomic mass is 32.2. The van der Waals surface area contributed by atoms with Gasteiger partial charge in [-0.2, -0.15) is 10.4 Å². The SMILES string of the molecule is CCn1nc(C)c(CNc2ncnc(SC)c2C#N)c1C. The van der Waals surface area contributed by atoms with Crippen LogP contribution < -0.4 is 5.32 Å². The zero-order chi connectivity index (χ0) is 15.4. The van der Waals surface area contributed by atoms with E-state index in [0.717, 1.165) is 23.5 Å². The summed E-state index contributed by atoms with van der Waals surface area (Å²) < 4.78 is 1.98. The molecule has 1 N–H and O–H groups in total. The zero-order valence-electron chi connectivity index (χ0n) is 12.6. The predicted molar refractivity (Wildman–Crippen MR) is 83.2 cm³/mol. The lowest BCUT2D eigenvalue weighted by Crippen LogP contribution is -2.07. The van der Waals surface area contributed by atoms with Gasteiger partial charge in [0.15, 0.2) is 0 Å². The number of nitriles is 1. The smallest absolute Gasteiger partial charge is 0.148 e. The van der Waals surface area contributed by atoms with Gasteiger partial charge in [-0.25, -0.2) is 9.97 Å². The Morgan fingerprint density at radius 1 is 1.38 bits per heavy atom. The van der Waals surface area contributed by atoms with Gasteiger partial charge in [-0.3, -0.25) is 4.68 Å². The summed E-state index contributed by atoms with van der Waals surface area (Å²) in [6, 6.07) is 2.17. The zero-order valence-corrected chi connectivity index (χ0v) is 13.5. The molecule has 0 aromatic carbocycles. The predicted octanol–water partition coefficient (Wildman–Crippen LogP) is 2.52. The third-order valence-corrected chi connectivity index (χ3v) is 4.08. The molecule has 0 unspecified atom stereocenters. The number of aromatic nitrogens is 4. The Morgan fingerprint density at radius 2 is 2.14 bits per heavy atom. The molecule has 0 aliphatic carbocycles. The Hall–Kier alpha value is -2.07. The molecule has 2 heterocycles. The molecule has 0 aliphatic heterocycles. The topological polar surface area (TPSA) is 79.4 Å². The highest BCUT2D eigenvalue weighted by molar-refractivity contribution is 7.98. The van der Waals surface area contributed by atoms with Crippen molar-refractivity contribution in [3.63, 3.8) is 0 Å². The Bertz CT molecular complexity index is 686. The van der Waals surface area contributed by atoms with Crippen molar-refractivity contribution in [2.45, 2.75) is 38.9 Å². The van der Waals surface area contributed by atoms with Crippen molar-refractivity contribution in [3.8, 4) is 6.07 Å². The molecule has 21 heavy (non-hydrogen) atoms. The lowest BCUT2D eigenvalue weighted by atomic mass is 10.2. The van der Waals surface area contributed by atoms with Crippen LogP contribution in [0.2, 0.25) is 0 Å². The normalized spacial score (nSPS) is 10.4. The molecule has 0 atom stereocenters. The van der Waals surface area contributed by atoms with Gasteiger partial charge in [-0.05, 0) is 27.0 Å². The second-order valence-electron chi connectivity index (χ2n) is 4.54. The van der Waals surface area contributed by atoms with Crippen molar-refractivity contribution in [3.05, 3.63) is 28.8 Å². The van der Waals surface area contributed by atoms with Gasteiger partial charge in [0.1, 0.15) is 28.8 Å². The van der Waals surface area contributed by atoms with Crippen molar-refractivity contribution >= 4 is 17.6 Å². The van der Waals surface area contributed by atoms with E-state index in [9.17, 15) is 5.26 Å². The summed E-state index contributed by atoms with van der Waals surface area (Å²) in [5.41, 5.74) is 3.77. The number of rotatable bonds is 5. The Kier molecular flexibility index (Phi) is 4.81. The maximum atomic E-state index is 9.28. The lowest BCUT2D eigenvalue weighted by molar-refractivity contribution is 0.633. The van der Waals surface area contributed by atoms with Gasteiger partial charge in [0, 0.05) is 24.3 Å².